The van der Waals surface area contributed by atoms with Crippen LogP contribution in [-0.4, -0.2) is 23.4 Å². The molecule has 1 unspecified atom stereocenters. The predicted octanol–water partition coefficient (Wildman–Crippen LogP) is 4.86. The Morgan fingerprint density at radius 1 is 1.06 bits per heavy atom. The van der Waals surface area contributed by atoms with Crippen molar-refractivity contribution >= 4 is 23.1 Å². The summed E-state index contributed by atoms with van der Waals surface area (Å²) < 4.78 is 49.9. The van der Waals surface area contributed by atoms with Gasteiger partial charge in [-0.15, -0.1) is 0 Å². The highest BCUT2D eigenvalue weighted by atomic mass is 19.4. The second kappa shape index (κ2) is 7.54. The molecule has 33 heavy (non-hydrogen) atoms. The summed E-state index contributed by atoms with van der Waals surface area (Å²) in [5, 5.41) is 11.1. The summed E-state index contributed by atoms with van der Waals surface area (Å²) in [5.41, 5.74) is 0.131. The molecule has 1 fully saturated rings. The molecule has 2 aliphatic heterocycles. The van der Waals surface area contributed by atoms with E-state index in [0.717, 1.165) is 34.7 Å². The van der Waals surface area contributed by atoms with E-state index in [0.29, 0.717) is 24.3 Å². The number of ketones is 1. The largest absolute Gasteiger partial charge is 0.507 e. The fourth-order valence-electron chi connectivity index (χ4n) is 4.12. The summed E-state index contributed by atoms with van der Waals surface area (Å²) in [4.78, 5) is 27.0. The molecule has 1 N–H and O–H groups in total. The molecule has 5 rings (SSSR count). The number of fused-ring (bicyclic) bond motifs is 1. The quantitative estimate of drug-likeness (QED) is 0.347. The van der Waals surface area contributed by atoms with Gasteiger partial charge in [-0.2, -0.15) is 13.2 Å². The number of Topliss-reactive ketones (excluding diaryl/α,β-unsaturated/α-hetero) is 1. The van der Waals surface area contributed by atoms with E-state index in [1.807, 2.05) is 0 Å². The third-order valence-corrected chi connectivity index (χ3v) is 5.69. The van der Waals surface area contributed by atoms with Crippen molar-refractivity contribution < 1.29 is 37.0 Å². The number of furan rings is 1. The van der Waals surface area contributed by atoms with Crippen LogP contribution in [0.1, 0.15) is 28.5 Å². The summed E-state index contributed by atoms with van der Waals surface area (Å²) in [5.74, 6) is -1.49. The first-order valence-corrected chi connectivity index (χ1v) is 10.0. The number of hydrogen-bond donors (Lipinski definition) is 1. The van der Waals surface area contributed by atoms with Crippen LogP contribution in [0.25, 0.3) is 5.76 Å². The highest BCUT2D eigenvalue weighted by Crippen LogP contribution is 2.43. The van der Waals surface area contributed by atoms with Gasteiger partial charge in [0.1, 0.15) is 23.3 Å². The zero-order valence-corrected chi connectivity index (χ0v) is 16.9. The average Bonchev–Trinajstić information content (AvgIpc) is 3.53. The third-order valence-electron chi connectivity index (χ3n) is 5.69. The number of benzene rings is 2. The number of alkyl halides is 3. The number of nitrogens with zero attached hydrogens (tertiary/aromatic N) is 1. The van der Waals surface area contributed by atoms with Crippen LogP contribution in [0.15, 0.2) is 70.9 Å². The molecule has 1 atom stereocenters. The SMILES string of the molecule is O=C1C(=O)N(c2ccc(C(F)(F)F)cc2)C(c2ccco2)/C1=C(/O)c1ccc2c(c1)CCO2. The molecule has 1 saturated heterocycles. The smallest absolute Gasteiger partial charge is 0.416 e. The molecule has 0 radical (unpaired) electrons. The van der Waals surface area contributed by atoms with Gasteiger partial charge >= 0.3 is 6.18 Å². The Bertz CT molecular complexity index is 1280. The van der Waals surface area contributed by atoms with Crippen LogP contribution in [0.3, 0.4) is 0 Å². The summed E-state index contributed by atoms with van der Waals surface area (Å²) in [6.07, 6.45) is -2.57. The number of aliphatic hydroxyl groups is 1. The van der Waals surface area contributed by atoms with E-state index < -0.39 is 35.2 Å². The maximum Gasteiger partial charge on any atom is 0.416 e. The number of rotatable bonds is 3. The average molecular weight is 455 g/mol. The van der Waals surface area contributed by atoms with Gasteiger partial charge in [0.25, 0.3) is 11.7 Å². The van der Waals surface area contributed by atoms with Crippen LogP contribution in [0, 0.1) is 0 Å². The lowest BCUT2D eigenvalue weighted by atomic mass is 9.97. The molecular weight excluding hydrogens is 439 g/mol. The van der Waals surface area contributed by atoms with E-state index in [4.69, 9.17) is 9.15 Å². The van der Waals surface area contributed by atoms with Gasteiger partial charge in [-0.25, -0.2) is 0 Å². The maximum absolute atomic E-state index is 13.0. The fourth-order valence-corrected chi connectivity index (χ4v) is 4.12. The van der Waals surface area contributed by atoms with Gasteiger partial charge < -0.3 is 14.3 Å². The lowest BCUT2D eigenvalue weighted by Crippen LogP contribution is -2.29. The molecule has 168 valence electrons. The molecule has 1 amide bonds. The Morgan fingerprint density at radius 2 is 1.82 bits per heavy atom. The Labute approximate surface area is 185 Å². The van der Waals surface area contributed by atoms with E-state index in [9.17, 15) is 27.9 Å². The van der Waals surface area contributed by atoms with Crippen LogP contribution < -0.4 is 9.64 Å². The maximum atomic E-state index is 13.0. The van der Waals surface area contributed by atoms with Crippen LogP contribution >= 0.6 is 0 Å². The van der Waals surface area contributed by atoms with Crippen LogP contribution in [0.5, 0.6) is 5.75 Å². The number of aliphatic hydroxyl groups excluding tert-OH is 1. The normalized spacial score (nSPS) is 19.6. The Morgan fingerprint density at radius 3 is 2.48 bits per heavy atom. The predicted molar refractivity (Wildman–Crippen MR) is 111 cm³/mol. The first-order valence-electron chi connectivity index (χ1n) is 10.0. The van der Waals surface area contributed by atoms with Crippen molar-refractivity contribution in [3.8, 4) is 5.75 Å². The second-order valence-electron chi connectivity index (χ2n) is 7.65. The molecule has 9 heteroatoms. The highest BCUT2D eigenvalue weighted by molar-refractivity contribution is 6.51. The summed E-state index contributed by atoms with van der Waals surface area (Å²) in [7, 11) is 0. The van der Waals surface area contributed by atoms with Crippen LogP contribution in [0.4, 0.5) is 18.9 Å². The first-order chi connectivity index (χ1) is 15.8. The van der Waals surface area contributed by atoms with Crippen molar-refractivity contribution in [2.75, 3.05) is 11.5 Å². The van der Waals surface area contributed by atoms with Crippen LogP contribution in [0.2, 0.25) is 0 Å². The first kappa shape index (κ1) is 20.9. The van der Waals surface area contributed by atoms with Gasteiger partial charge in [-0.3, -0.25) is 14.5 Å². The Hall–Kier alpha value is -4.01. The van der Waals surface area contributed by atoms with E-state index in [1.54, 1.807) is 24.3 Å². The van der Waals surface area contributed by atoms with Gasteiger partial charge in [0, 0.05) is 17.7 Å². The second-order valence-corrected chi connectivity index (χ2v) is 7.65. The molecule has 1 aromatic heterocycles. The van der Waals surface area contributed by atoms with Crippen molar-refractivity contribution in [1.82, 2.24) is 0 Å². The van der Waals surface area contributed by atoms with Crippen molar-refractivity contribution in [2.45, 2.75) is 18.6 Å². The molecule has 0 saturated carbocycles. The molecule has 3 aromatic rings. The molecule has 0 bridgehead atoms. The Balaban J connectivity index is 1.64. The number of hydrogen-bond acceptors (Lipinski definition) is 5. The summed E-state index contributed by atoms with van der Waals surface area (Å²) >= 11 is 0. The summed E-state index contributed by atoms with van der Waals surface area (Å²) in [6, 6.07) is 10.7. The van der Waals surface area contributed by atoms with Gasteiger partial charge in [-0.1, -0.05) is 0 Å². The molecule has 2 aromatic carbocycles. The zero-order chi connectivity index (χ0) is 23.3. The number of amides is 1. The monoisotopic (exact) mass is 455 g/mol. The van der Waals surface area contributed by atoms with Crippen molar-refractivity contribution in [3.63, 3.8) is 0 Å². The number of halogens is 3. The Kier molecular flexibility index (Phi) is 4.77. The number of anilines is 1. The standard InChI is InChI=1S/C24H16F3NO5/c25-24(26,27)15-4-6-16(7-5-15)28-20(18-2-1-10-32-18)19(22(30)23(28)31)21(29)14-3-8-17-13(12-14)9-11-33-17/h1-8,10,12,20,29H,9,11H2/b21-19-. The van der Waals surface area contributed by atoms with Gasteiger partial charge in [0.2, 0.25) is 0 Å². The topological polar surface area (TPSA) is 80.0 Å². The molecule has 6 nitrogen and oxygen atoms in total. The minimum Gasteiger partial charge on any atom is -0.507 e. The zero-order valence-electron chi connectivity index (χ0n) is 16.9. The minimum absolute atomic E-state index is 0.0629. The highest BCUT2D eigenvalue weighted by Gasteiger charge is 2.48. The molecule has 3 heterocycles. The van der Waals surface area contributed by atoms with Gasteiger partial charge in [0.05, 0.1) is 24.0 Å². The van der Waals surface area contributed by atoms with Crippen molar-refractivity contribution in [3.05, 3.63) is 88.9 Å². The molecule has 0 spiro atoms. The lowest BCUT2D eigenvalue weighted by molar-refractivity contribution is -0.137. The van der Waals surface area contributed by atoms with E-state index >= 15 is 0 Å². The van der Waals surface area contributed by atoms with E-state index in [2.05, 4.69) is 0 Å². The molecule has 0 aliphatic carbocycles. The lowest BCUT2D eigenvalue weighted by Gasteiger charge is -2.23. The number of carbonyl (C=O) groups is 2. The summed E-state index contributed by atoms with van der Waals surface area (Å²) in [6.45, 7) is 0.504. The molecular formula is C24H16F3NO5. The van der Waals surface area contributed by atoms with Gasteiger partial charge in [-0.05, 0) is 60.2 Å². The number of carbonyl (C=O) groups excluding carboxylic acids is 2. The minimum atomic E-state index is -4.55. The van der Waals surface area contributed by atoms with Crippen LogP contribution in [-0.2, 0) is 22.2 Å². The van der Waals surface area contributed by atoms with E-state index in [-0.39, 0.29) is 17.0 Å². The fraction of sp³-hybridized carbons (Fsp3) is 0.167. The molecule has 2 aliphatic rings. The third kappa shape index (κ3) is 3.45. The van der Waals surface area contributed by atoms with Gasteiger partial charge in [0.15, 0.2) is 0 Å². The van der Waals surface area contributed by atoms with E-state index in [1.165, 1.54) is 12.3 Å². The number of ether oxygens (including phenoxy) is 1. The van der Waals surface area contributed by atoms with Crippen molar-refractivity contribution in [1.29, 1.82) is 0 Å². The van der Waals surface area contributed by atoms with Crippen molar-refractivity contribution in [2.24, 2.45) is 0 Å².